The summed E-state index contributed by atoms with van der Waals surface area (Å²) < 4.78 is 0. The third kappa shape index (κ3) is 5.76. The van der Waals surface area contributed by atoms with Crippen molar-refractivity contribution in [1.82, 2.24) is 5.32 Å². The Labute approximate surface area is 104 Å². The van der Waals surface area contributed by atoms with E-state index >= 15 is 0 Å². The van der Waals surface area contributed by atoms with Gasteiger partial charge >= 0.3 is 0 Å². The highest BCUT2D eigenvalue weighted by atomic mass is 14.9. The summed E-state index contributed by atoms with van der Waals surface area (Å²) in [5, 5.41) is 12.1. The van der Waals surface area contributed by atoms with Crippen LogP contribution in [0.4, 0.5) is 0 Å². The van der Waals surface area contributed by atoms with Crippen LogP contribution in [0.1, 0.15) is 34.1 Å². The van der Waals surface area contributed by atoms with Crippen LogP contribution in [-0.4, -0.2) is 11.9 Å². The summed E-state index contributed by atoms with van der Waals surface area (Å²) in [6.45, 7) is 11.8. The predicted octanol–water partition coefficient (Wildman–Crippen LogP) is 2.31. The van der Waals surface area contributed by atoms with Gasteiger partial charge in [0.05, 0.1) is 5.57 Å². The maximum atomic E-state index is 8.99. The molecule has 1 unspecified atom stereocenters. The van der Waals surface area contributed by atoms with Gasteiger partial charge in [-0.05, 0) is 20.3 Å². The quantitative estimate of drug-likeness (QED) is 0.320. The van der Waals surface area contributed by atoms with Gasteiger partial charge in [0.25, 0.3) is 0 Å². The minimum atomic E-state index is 0.220. The van der Waals surface area contributed by atoms with E-state index < -0.39 is 0 Å². The summed E-state index contributed by atoms with van der Waals surface area (Å²) in [4.78, 5) is 4.10. The van der Waals surface area contributed by atoms with Crippen molar-refractivity contribution in [3.8, 4) is 6.07 Å². The largest absolute Gasteiger partial charge is 0.387 e. The Kier molecular flexibility index (Phi) is 6.73. The molecule has 0 aliphatic carbocycles. The fourth-order valence-electron chi connectivity index (χ4n) is 1.08. The van der Waals surface area contributed by atoms with Crippen molar-refractivity contribution in [3.63, 3.8) is 0 Å². The number of hydrogen-bond acceptors (Lipinski definition) is 3. The molecule has 0 aromatic rings. The third-order valence-corrected chi connectivity index (χ3v) is 2.37. The zero-order valence-electron chi connectivity index (χ0n) is 11.1. The lowest BCUT2D eigenvalue weighted by Gasteiger charge is -2.11. The average Bonchev–Trinajstić information content (AvgIpc) is 2.27. The molecule has 0 rings (SSSR count). The molecule has 0 radical (unpaired) electrons. The molecule has 4 heteroatoms. The van der Waals surface area contributed by atoms with Crippen LogP contribution in [0.5, 0.6) is 0 Å². The summed E-state index contributed by atoms with van der Waals surface area (Å²) in [5.41, 5.74) is 6.76. The number of nitriles is 1. The smallest absolute Gasteiger partial charge is 0.103 e. The van der Waals surface area contributed by atoms with Gasteiger partial charge in [-0.3, -0.25) is 0 Å². The van der Waals surface area contributed by atoms with Gasteiger partial charge in [-0.25, -0.2) is 4.99 Å². The number of nitrogens with two attached hydrogens (primary N) is 1. The molecule has 0 saturated carbocycles. The lowest BCUT2D eigenvalue weighted by molar-refractivity contribution is 0.679. The van der Waals surface area contributed by atoms with Crippen LogP contribution in [0, 0.1) is 17.2 Å². The highest BCUT2D eigenvalue weighted by molar-refractivity contribution is 5.83. The zero-order chi connectivity index (χ0) is 13.4. The molecule has 0 fully saturated rings. The lowest BCUT2D eigenvalue weighted by atomic mass is 10.1. The van der Waals surface area contributed by atoms with E-state index in [9.17, 15) is 0 Å². The highest BCUT2D eigenvalue weighted by Gasteiger charge is 2.05. The molecule has 3 N–H and O–H groups in total. The van der Waals surface area contributed by atoms with E-state index in [1.807, 2.05) is 27.7 Å². The second-order valence-electron chi connectivity index (χ2n) is 4.30. The Bertz CT molecular complexity index is 358. The molecule has 0 aliphatic heterocycles. The van der Waals surface area contributed by atoms with Crippen molar-refractivity contribution < 1.29 is 0 Å². The van der Waals surface area contributed by atoms with Gasteiger partial charge in [-0.2, -0.15) is 5.26 Å². The van der Waals surface area contributed by atoms with Gasteiger partial charge in [0, 0.05) is 23.9 Å². The fraction of sp³-hybridized carbons (Fsp3) is 0.538. The van der Waals surface area contributed by atoms with Gasteiger partial charge in [-0.15, -0.1) is 0 Å². The van der Waals surface area contributed by atoms with Crippen LogP contribution in [0.25, 0.3) is 0 Å². The number of rotatable bonds is 6. The first-order chi connectivity index (χ1) is 7.92. The topological polar surface area (TPSA) is 74.2 Å². The summed E-state index contributed by atoms with van der Waals surface area (Å²) >= 11 is 0. The lowest BCUT2D eigenvalue weighted by Crippen LogP contribution is -2.22. The molecular formula is C13H22N4. The fourth-order valence-corrected chi connectivity index (χ4v) is 1.08. The van der Waals surface area contributed by atoms with E-state index in [1.165, 1.54) is 6.20 Å². The molecule has 4 nitrogen and oxygen atoms in total. The van der Waals surface area contributed by atoms with E-state index in [1.54, 1.807) is 0 Å². The van der Waals surface area contributed by atoms with E-state index in [-0.39, 0.29) is 12.0 Å². The normalized spacial score (nSPS) is 14.4. The molecule has 1 atom stereocenters. The first-order valence-corrected chi connectivity index (χ1v) is 5.81. The Morgan fingerprint density at radius 2 is 2.12 bits per heavy atom. The monoisotopic (exact) mass is 234 g/mol. The molecule has 0 bridgehead atoms. The van der Waals surface area contributed by atoms with Crippen LogP contribution < -0.4 is 11.1 Å². The number of nitrogens with one attached hydrogen (secondary N) is 1. The Hall–Kier alpha value is -1.76. The first-order valence-electron chi connectivity index (χ1n) is 5.81. The van der Waals surface area contributed by atoms with Crippen LogP contribution in [0.3, 0.4) is 0 Å². The van der Waals surface area contributed by atoms with Gasteiger partial charge in [-0.1, -0.05) is 20.4 Å². The van der Waals surface area contributed by atoms with Crippen molar-refractivity contribution in [3.05, 3.63) is 24.0 Å². The zero-order valence-corrected chi connectivity index (χ0v) is 11.1. The summed E-state index contributed by atoms with van der Waals surface area (Å²) in [6, 6.07) is 2.29. The predicted molar refractivity (Wildman–Crippen MR) is 72.2 cm³/mol. The second-order valence-corrected chi connectivity index (χ2v) is 4.30. The summed E-state index contributed by atoms with van der Waals surface area (Å²) in [5.74, 6) is 0.759. The van der Waals surface area contributed by atoms with Gasteiger partial charge in [0.15, 0.2) is 0 Å². The molecule has 0 spiro atoms. The van der Waals surface area contributed by atoms with E-state index in [0.29, 0.717) is 17.1 Å². The standard InChI is InChI=1S/C13H22N4/c1-6-10(4)13(15)16-8-12(7-14)11(5)17-9(2)3/h8-10,17H,5-6H2,1-4H3,(H2,15,16)/b12-8-. The summed E-state index contributed by atoms with van der Waals surface area (Å²) in [6.07, 6.45) is 2.40. The number of amidine groups is 1. The molecule has 0 amide bonds. The summed E-state index contributed by atoms with van der Waals surface area (Å²) in [7, 11) is 0. The molecule has 0 aromatic carbocycles. The molecule has 17 heavy (non-hydrogen) atoms. The molecule has 0 aliphatic rings. The van der Waals surface area contributed by atoms with Crippen molar-refractivity contribution in [2.24, 2.45) is 16.6 Å². The van der Waals surface area contributed by atoms with Crippen molar-refractivity contribution in [1.29, 1.82) is 5.26 Å². The molecule has 0 aromatic heterocycles. The van der Waals surface area contributed by atoms with Gasteiger partial charge in [0.2, 0.25) is 0 Å². The van der Waals surface area contributed by atoms with Crippen LogP contribution >= 0.6 is 0 Å². The second kappa shape index (κ2) is 7.50. The maximum absolute atomic E-state index is 8.99. The van der Waals surface area contributed by atoms with Crippen molar-refractivity contribution >= 4 is 5.84 Å². The average molecular weight is 234 g/mol. The Morgan fingerprint density at radius 3 is 2.53 bits per heavy atom. The molecular weight excluding hydrogens is 212 g/mol. The van der Waals surface area contributed by atoms with Gasteiger partial charge in [0.1, 0.15) is 11.9 Å². The van der Waals surface area contributed by atoms with Crippen LogP contribution in [-0.2, 0) is 0 Å². The van der Waals surface area contributed by atoms with Gasteiger partial charge < -0.3 is 11.1 Å². The van der Waals surface area contributed by atoms with E-state index in [0.717, 1.165) is 6.42 Å². The number of hydrogen-bond donors (Lipinski definition) is 2. The van der Waals surface area contributed by atoms with Crippen LogP contribution in [0.15, 0.2) is 29.0 Å². The molecule has 0 heterocycles. The maximum Gasteiger partial charge on any atom is 0.103 e. The molecule has 94 valence electrons. The van der Waals surface area contributed by atoms with Crippen molar-refractivity contribution in [2.75, 3.05) is 0 Å². The minimum absolute atomic E-state index is 0.220. The van der Waals surface area contributed by atoms with E-state index in [4.69, 9.17) is 11.0 Å². The Morgan fingerprint density at radius 1 is 1.53 bits per heavy atom. The SMILES string of the molecule is C=C(NC(C)C)/C(C#N)=C\N=C(\N)C(C)CC. The Balaban J connectivity index is 4.79. The highest BCUT2D eigenvalue weighted by Crippen LogP contribution is 2.06. The molecule has 0 saturated heterocycles. The number of aliphatic imine (C=N–C) groups is 1. The first kappa shape index (κ1) is 15.2. The van der Waals surface area contributed by atoms with Crippen LogP contribution in [0.2, 0.25) is 0 Å². The number of allylic oxidation sites excluding steroid dienone is 1. The van der Waals surface area contributed by atoms with Crippen molar-refractivity contribution in [2.45, 2.75) is 40.2 Å². The number of nitrogens with zero attached hydrogens (tertiary/aromatic N) is 2. The third-order valence-electron chi connectivity index (χ3n) is 2.37. The van der Waals surface area contributed by atoms with E-state index in [2.05, 4.69) is 23.0 Å². The minimum Gasteiger partial charge on any atom is -0.387 e.